The zero-order valence-corrected chi connectivity index (χ0v) is 9.70. The Morgan fingerprint density at radius 1 is 1.31 bits per heavy atom. The number of aliphatic hydroxyl groups excluding tert-OH is 1. The molecule has 0 aromatic heterocycles. The molecule has 1 aromatic rings. The normalized spacial score (nSPS) is 10.1. The second-order valence-corrected chi connectivity index (χ2v) is 3.63. The van der Waals surface area contributed by atoms with Crippen LogP contribution in [0.15, 0.2) is 18.2 Å². The molecule has 0 aliphatic rings. The van der Waals surface area contributed by atoms with E-state index in [4.69, 9.17) is 15.6 Å². The number of nitrogen functional groups attached to an aromatic ring is 1. The van der Waals surface area contributed by atoms with Crippen molar-refractivity contribution in [3.63, 3.8) is 0 Å². The van der Waals surface area contributed by atoms with Gasteiger partial charge in [-0.1, -0.05) is 6.07 Å². The topological polar surface area (TPSA) is 67.5 Å². The van der Waals surface area contributed by atoms with Gasteiger partial charge in [0, 0.05) is 13.2 Å². The van der Waals surface area contributed by atoms with Crippen molar-refractivity contribution >= 4 is 11.4 Å². The molecule has 1 aromatic carbocycles. The summed E-state index contributed by atoms with van der Waals surface area (Å²) in [5.74, 6) is 0.695. The van der Waals surface area contributed by atoms with E-state index in [1.54, 1.807) is 7.11 Å². The minimum Gasteiger partial charge on any atom is -0.495 e. The van der Waals surface area contributed by atoms with Crippen LogP contribution < -0.4 is 15.8 Å². The molecule has 0 aliphatic heterocycles. The Balaban J connectivity index is 2.41. The fourth-order valence-corrected chi connectivity index (χ4v) is 1.51. The predicted molar refractivity (Wildman–Crippen MR) is 66.8 cm³/mol. The molecule has 0 atom stereocenters. The Bertz CT molecular complexity index is 316. The van der Waals surface area contributed by atoms with Crippen molar-refractivity contribution in [3.05, 3.63) is 18.2 Å². The van der Waals surface area contributed by atoms with Crippen molar-refractivity contribution in [1.29, 1.82) is 0 Å². The van der Waals surface area contributed by atoms with Gasteiger partial charge >= 0.3 is 0 Å². The summed E-state index contributed by atoms with van der Waals surface area (Å²) in [6.45, 7) is 1.12. The van der Waals surface area contributed by atoms with Crippen molar-refractivity contribution in [2.45, 2.75) is 19.3 Å². The van der Waals surface area contributed by atoms with Crippen molar-refractivity contribution in [2.24, 2.45) is 0 Å². The average molecular weight is 224 g/mol. The van der Waals surface area contributed by atoms with Crippen molar-refractivity contribution in [2.75, 3.05) is 31.3 Å². The van der Waals surface area contributed by atoms with E-state index in [0.717, 1.165) is 31.5 Å². The minimum atomic E-state index is 0.265. The molecule has 90 valence electrons. The van der Waals surface area contributed by atoms with Gasteiger partial charge in [0.25, 0.3) is 0 Å². The summed E-state index contributed by atoms with van der Waals surface area (Å²) in [7, 11) is 1.61. The number of hydrogen-bond acceptors (Lipinski definition) is 4. The number of benzene rings is 1. The number of methoxy groups -OCH3 is 1. The first-order chi connectivity index (χ1) is 7.79. The molecule has 0 bridgehead atoms. The van der Waals surface area contributed by atoms with Crippen LogP contribution in [0.3, 0.4) is 0 Å². The molecule has 4 heteroatoms. The lowest BCUT2D eigenvalue weighted by atomic mass is 10.2. The second kappa shape index (κ2) is 6.95. The summed E-state index contributed by atoms with van der Waals surface area (Å²) in [5, 5.41) is 11.9. The van der Waals surface area contributed by atoms with Crippen molar-refractivity contribution in [3.8, 4) is 5.75 Å². The molecule has 0 amide bonds. The first-order valence-electron chi connectivity index (χ1n) is 5.56. The van der Waals surface area contributed by atoms with E-state index in [2.05, 4.69) is 5.32 Å². The molecule has 0 aliphatic carbocycles. The average Bonchev–Trinajstić information content (AvgIpc) is 2.31. The Morgan fingerprint density at radius 2 is 2.12 bits per heavy atom. The quantitative estimate of drug-likeness (QED) is 0.488. The zero-order valence-electron chi connectivity index (χ0n) is 9.70. The number of rotatable bonds is 7. The van der Waals surface area contributed by atoms with Gasteiger partial charge in [-0.25, -0.2) is 0 Å². The van der Waals surface area contributed by atoms with Gasteiger partial charge in [-0.3, -0.25) is 0 Å². The maximum Gasteiger partial charge on any atom is 0.143 e. The van der Waals surface area contributed by atoms with Crippen LogP contribution >= 0.6 is 0 Å². The summed E-state index contributed by atoms with van der Waals surface area (Å²) in [4.78, 5) is 0. The van der Waals surface area contributed by atoms with Crippen LogP contribution in [0.25, 0.3) is 0 Å². The highest BCUT2D eigenvalue weighted by Crippen LogP contribution is 2.28. The molecule has 0 heterocycles. The highest BCUT2D eigenvalue weighted by molar-refractivity contribution is 5.72. The summed E-state index contributed by atoms with van der Waals surface area (Å²) in [6, 6.07) is 5.68. The Kier molecular flexibility index (Phi) is 5.50. The van der Waals surface area contributed by atoms with Crippen LogP contribution in [-0.2, 0) is 0 Å². The number of nitrogens with two attached hydrogens (primary N) is 1. The molecule has 0 saturated heterocycles. The van der Waals surface area contributed by atoms with Crippen LogP contribution in [0.2, 0.25) is 0 Å². The van der Waals surface area contributed by atoms with E-state index >= 15 is 0 Å². The number of para-hydroxylation sites is 1. The maximum atomic E-state index is 8.64. The molecule has 4 nitrogen and oxygen atoms in total. The standard InChI is InChI=1S/C12H20N2O2/c1-16-11-7-5-6-10(12(11)13)14-8-3-2-4-9-15/h5-7,14-15H,2-4,8-9,13H2,1H3. The smallest absolute Gasteiger partial charge is 0.143 e. The number of hydrogen-bond donors (Lipinski definition) is 3. The van der Waals surface area contributed by atoms with E-state index in [0.29, 0.717) is 11.4 Å². The molecule has 0 unspecified atom stereocenters. The molecule has 0 radical (unpaired) electrons. The van der Waals surface area contributed by atoms with E-state index in [1.807, 2.05) is 18.2 Å². The maximum absolute atomic E-state index is 8.64. The highest BCUT2D eigenvalue weighted by Gasteiger charge is 2.03. The van der Waals surface area contributed by atoms with E-state index < -0.39 is 0 Å². The van der Waals surface area contributed by atoms with E-state index in [9.17, 15) is 0 Å². The fourth-order valence-electron chi connectivity index (χ4n) is 1.51. The highest BCUT2D eigenvalue weighted by atomic mass is 16.5. The first-order valence-corrected chi connectivity index (χ1v) is 5.56. The summed E-state index contributed by atoms with van der Waals surface area (Å²) < 4.78 is 5.13. The number of unbranched alkanes of at least 4 members (excludes halogenated alkanes) is 2. The molecule has 16 heavy (non-hydrogen) atoms. The van der Waals surface area contributed by atoms with Crippen LogP contribution in [0.5, 0.6) is 5.75 Å². The first kappa shape index (κ1) is 12.6. The van der Waals surface area contributed by atoms with Gasteiger partial charge in [0.1, 0.15) is 5.75 Å². The summed E-state index contributed by atoms with van der Waals surface area (Å²) in [5.41, 5.74) is 7.46. The summed E-state index contributed by atoms with van der Waals surface area (Å²) >= 11 is 0. The molecule has 0 saturated carbocycles. The lowest BCUT2D eigenvalue weighted by Gasteiger charge is -2.11. The fraction of sp³-hybridized carbons (Fsp3) is 0.500. The second-order valence-electron chi connectivity index (χ2n) is 3.63. The third-order valence-electron chi connectivity index (χ3n) is 2.44. The third kappa shape index (κ3) is 3.62. The molecule has 4 N–H and O–H groups in total. The van der Waals surface area contributed by atoms with Gasteiger partial charge in [-0.2, -0.15) is 0 Å². The number of anilines is 2. The molecular formula is C12H20N2O2. The number of ether oxygens (including phenoxy) is 1. The van der Waals surface area contributed by atoms with Crippen LogP contribution in [0.1, 0.15) is 19.3 Å². The molecule has 0 fully saturated rings. The lowest BCUT2D eigenvalue weighted by Crippen LogP contribution is -2.05. The van der Waals surface area contributed by atoms with Gasteiger partial charge in [0.2, 0.25) is 0 Å². The van der Waals surface area contributed by atoms with Gasteiger partial charge in [0.15, 0.2) is 0 Å². The van der Waals surface area contributed by atoms with Gasteiger partial charge in [-0.05, 0) is 31.4 Å². The Hall–Kier alpha value is -1.42. The Morgan fingerprint density at radius 3 is 2.81 bits per heavy atom. The molecular weight excluding hydrogens is 204 g/mol. The monoisotopic (exact) mass is 224 g/mol. The molecule has 0 spiro atoms. The number of nitrogens with one attached hydrogen (secondary N) is 1. The van der Waals surface area contributed by atoms with Crippen LogP contribution in [-0.4, -0.2) is 25.4 Å². The largest absolute Gasteiger partial charge is 0.495 e. The van der Waals surface area contributed by atoms with Gasteiger partial charge in [0.05, 0.1) is 18.5 Å². The lowest BCUT2D eigenvalue weighted by molar-refractivity contribution is 0.283. The van der Waals surface area contributed by atoms with Crippen molar-refractivity contribution < 1.29 is 9.84 Å². The van der Waals surface area contributed by atoms with Crippen LogP contribution in [0.4, 0.5) is 11.4 Å². The van der Waals surface area contributed by atoms with Crippen molar-refractivity contribution in [1.82, 2.24) is 0 Å². The summed E-state index contributed by atoms with van der Waals surface area (Å²) in [6.07, 6.45) is 2.90. The van der Waals surface area contributed by atoms with Gasteiger partial charge < -0.3 is 20.9 Å². The Labute approximate surface area is 96.4 Å². The minimum absolute atomic E-state index is 0.265. The predicted octanol–water partition coefficient (Wildman–Crippen LogP) is 1.85. The van der Waals surface area contributed by atoms with Gasteiger partial charge in [-0.15, -0.1) is 0 Å². The molecule has 1 rings (SSSR count). The third-order valence-corrected chi connectivity index (χ3v) is 2.44. The number of aliphatic hydroxyl groups is 1. The van der Waals surface area contributed by atoms with Crippen LogP contribution in [0, 0.1) is 0 Å². The van der Waals surface area contributed by atoms with E-state index in [-0.39, 0.29) is 6.61 Å². The SMILES string of the molecule is COc1cccc(NCCCCCO)c1N. The van der Waals surface area contributed by atoms with E-state index in [1.165, 1.54) is 0 Å². The zero-order chi connectivity index (χ0) is 11.8.